The summed E-state index contributed by atoms with van der Waals surface area (Å²) >= 11 is 0. The molecule has 0 aromatic heterocycles. The standard InChI is InChI=1S/C10H12F3NO/c11-10(12,13)8-15-7-6-14-9-4-2-1-3-5-9/h1-5,14H,6-8H2. The average Bonchev–Trinajstić information content (AvgIpc) is 2.17. The largest absolute Gasteiger partial charge is 0.411 e. The van der Waals surface area contributed by atoms with Crippen LogP contribution in [0.1, 0.15) is 0 Å². The number of ether oxygens (including phenoxy) is 1. The van der Waals surface area contributed by atoms with Crippen LogP contribution in [0.3, 0.4) is 0 Å². The molecule has 0 radical (unpaired) electrons. The summed E-state index contributed by atoms with van der Waals surface area (Å²) in [4.78, 5) is 0. The Bertz CT molecular complexity index is 274. The van der Waals surface area contributed by atoms with Crippen LogP contribution in [0, 0.1) is 0 Å². The predicted molar refractivity (Wildman–Crippen MR) is 51.8 cm³/mol. The van der Waals surface area contributed by atoms with E-state index >= 15 is 0 Å². The van der Waals surface area contributed by atoms with Gasteiger partial charge in [0, 0.05) is 12.2 Å². The van der Waals surface area contributed by atoms with Gasteiger partial charge >= 0.3 is 6.18 Å². The summed E-state index contributed by atoms with van der Waals surface area (Å²) in [6.07, 6.45) is -4.24. The van der Waals surface area contributed by atoms with Crippen LogP contribution in [0.4, 0.5) is 18.9 Å². The highest BCUT2D eigenvalue weighted by Gasteiger charge is 2.27. The van der Waals surface area contributed by atoms with Gasteiger partial charge in [-0.2, -0.15) is 13.2 Å². The molecule has 0 aliphatic heterocycles. The predicted octanol–water partition coefficient (Wildman–Crippen LogP) is 2.68. The van der Waals surface area contributed by atoms with Crippen molar-refractivity contribution in [3.8, 4) is 0 Å². The number of para-hydroxylation sites is 1. The summed E-state index contributed by atoms with van der Waals surface area (Å²) in [7, 11) is 0. The molecule has 15 heavy (non-hydrogen) atoms. The Kier molecular flexibility index (Phi) is 4.42. The Morgan fingerprint density at radius 2 is 1.80 bits per heavy atom. The SMILES string of the molecule is FC(F)(F)COCCNc1ccccc1. The lowest BCUT2D eigenvalue weighted by atomic mass is 10.3. The van der Waals surface area contributed by atoms with Crippen molar-refractivity contribution >= 4 is 5.69 Å². The molecule has 5 heteroatoms. The topological polar surface area (TPSA) is 21.3 Å². The second-order valence-corrected chi connectivity index (χ2v) is 2.96. The van der Waals surface area contributed by atoms with E-state index < -0.39 is 12.8 Å². The molecule has 0 saturated heterocycles. The number of hydrogen-bond acceptors (Lipinski definition) is 2. The van der Waals surface area contributed by atoms with E-state index in [1.54, 1.807) is 0 Å². The lowest BCUT2D eigenvalue weighted by molar-refractivity contribution is -0.172. The highest BCUT2D eigenvalue weighted by atomic mass is 19.4. The molecule has 1 aromatic rings. The summed E-state index contributed by atoms with van der Waals surface area (Å²) in [5.74, 6) is 0. The fraction of sp³-hybridized carbons (Fsp3) is 0.400. The smallest absolute Gasteiger partial charge is 0.383 e. The van der Waals surface area contributed by atoms with Gasteiger partial charge < -0.3 is 10.1 Å². The molecule has 1 rings (SSSR count). The Morgan fingerprint density at radius 3 is 2.40 bits per heavy atom. The molecule has 0 unspecified atom stereocenters. The highest BCUT2D eigenvalue weighted by Crippen LogP contribution is 2.14. The fourth-order valence-corrected chi connectivity index (χ4v) is 1.01. The van der Waals surface area contributed by atoms with E-state index in [0.29, 0.717) is 6.54 Å². The van der Waals surface area contributed by atoms with Crippen molar-refractivity contribution in [3.05, 3.63) is 30.3 Å². The maximum absolute atomic E-state index is 11.7. The van der Waals surface area contributed by atoms with E-state index in [4.69, 9.17) is 0 Å². The van der Waals surface area contributed by atoms with Crippen molar-refractivity contribution < 1.29 is 17.9 Å². The molecule has 0 spiro atoms. The van der Waals surface area contributed by atoms with E-state index in [9.17, 15) is 13.2 Å². The first kappa shape index (κ1) is 11.8. The third-order valence-corrected chi connectivity index (χ3v) is 1.62. The van der Waals surface area contributed by atoms with Crippen molar-refractivity contribution in [2.24, 2.45) is 0 Å². The maximum atomic E-state index is 11.7. The monoisotopic (exact) mass is 219 g/mol. The van der Waals surface area contributed by atoms with E-state index in [0.717, 1.165) is 5.69 Å². The molecule has 0 aliphatic carbocycles. The second-order valence-electron chi connectivity index (χ2n) is 2.96. The molecule has 0 heterocycles. The van der Waals surface area contributed by atoms with Crippen LogP contribution in [-0.2, 0) is 4.74 Å². The van der Waals surface area contributed by atoms with Gasteiger partial charge in [-0.1, -0.05) is 18.2 Å². The molecule has 0 saturated carbocycles. The van der Waals surface area contributed by atoms with Gasteiger partial charge in [-0.25, -0.2) is 0 Å². The number of halogens is 3. The lowest BCUT2D eigenvalue weighted by Gasteiger charge is -2.08. The van der Waals surface area contributed by atoms with Gasteiger partial charge in [0.05, 0.1) is 6.61 Å². The van der Waals surface area contributed by atoms with Crippen LogP contribution >= 0.6 is 0 Å². The van der Waals surface area contributed by atoms with Crippen molar-refractivity contribution in [2.75, 3.05) is 25.1 Å². The number of hydrogen-bond donors (Lipinski definition) is 1. The minimum Gasteiger partial charge on any atom is -0.383 e. The number of rotatable bonds is 5. The Hall–Kier alpha value is -1.23. The lowest BCUT2D eigenvalue weighted by Crippen LogP contribution is -2.20. The Labute approximate surface area is 86.1 Å². The quantitative estimate of drug-likeness (QED) is 0.769. The summed E-state index contributed by atoms with van der Waals surface area (Å²) in [5, 5.41) is 2.94. The highest BCUT2D eigenvalue weighted by molar-refractivity contribution is 5.42. The van der Waals surface area contributed by atoms with Gasteiger partial charge in [0.25, 0.3) is 0 Å². The van der Waals surface area contributed by atoms with Gasteiger partial charge in [0.15, 0.2) is 0 Å². The second kappa shape index (κ2) is 5.60. The van der Waals surface area contributed by atoms with Crippen LogP contribution in [0.25, 0.3) is 0 Å². The van der Waals surface area contributed by atoms with Gasteiger partial charge in [0.2, 0.25) is 0 Å². The van der Waals surface area contributed by atoms with E-state index in [2.05, 4.69) is 10.1 Å². The molecule has 1 N–H and O–H groups in total. The third kappa shape index (κ3) is 5.96. The first-order valence-electron chi connectivity index (χ1n) is 4.51. The van der Waals surface area contributed by atoms with Gasteiger partial charge in [-0.05, 0) is 12.1 Å². The zero-order valence-electron chi connectivity index (χ0n) is 8.05. The van der Waals surface area contributed by atoms with Crippen molar-refractivity contribution in [1.29, 1.82) is 0 Å². The van der Waals surface area contributed by atoms with E-state index in [1.165, 1.54) is 0 Å². The Morgan fingerprint density at radius 1 is 1.13 bits per heavy atom. The first-order valence-corrected chi connectivity index (χ1v) is 4.51. The zero-order chi connectivity index (χ0) is 11.1. The van der Waals surface area contributed by atoms with Crippen molar-refractivity contribution in [3.63, 3.8) is 0 Å². The zero-order valence-corrected chi connectivity index (χ0v) is 8.05. The van der Waals surface area contributed by atoms with E-state index in [1.807, 2.05) is 30.3 Å². The number of benzene rings is 1. The fourth-order valence-electron chi connectivity index (χ4n) is 1.01. The first-order chi connectivity index (χ1) is 7.08. The molecule has 0 fully saturated rings. The Balaban J connectivity index is 2.08. The maximum Gasteiger partial charge on any atom is 0.411 e. The molecular weight excluding hydrogens is 207 g/mol. The third-order valence-electron chi connectivity index (χ3n) is 1.62. The molecule has 2 nitrogen and oxygen atoms in total. The summed E-state index contributed by atoms with van der Waals surface area (Å²) in [6.45, 7) is -0.794. The molecule has 0 atom stereocenters. The van der Waals surface area contributed by atoms with Gasteiger partial charge in [-0.15, -0.1) is 0 Å². The average molecular weight is 219 g/mol. The minimum atomic E-state index is -4.24. The van der Waals surface area contributed by atoms with Crippen LogP contribution < -0.4 is 5.32 Å². The van der Waals surface area contributed by atoms with Crippen LogP contribution in [-0.4, -0.2) is 25.9 Å². The summed E-state index contributed by atoms with van der Waals surface area (Å²) < 4.78 is 39.4. The summed E-state index contributed by atoms with van der Waals surface area (Å²) in [6, 6.07) is 9.23. The number of nitrogens with one attached hydrogen (secondary N) is 1. The molecule has 0 aliphatic rings. The van der Waals surface area contributed by atoms with Crippen molar-refractivity contribution in [2.45, 2.75) is 6.18 Å². The number of anilines is 1. The minimum absolute atomic E-state index is 0.0361. The molecular formula is C10H12F3NO. The van der Waals surface area contributed by atoms with Gasteiger partial charge in [0.1, 0.15) is 6.61 Å². The molecule has 84 valence electrons. The van der Waals surface area contributed by atoms with Crippen molar-refractivity contribution in [1.82, 2.24) is 0 Å². The molecule has 0 amide bonds. The van der Waals surface area contributed by atoms with Crippen LogP contribution in [0.2, 0.25) is 0 Å². The normalized spacial score (nSPS) is 11.4. The van der Waals surface area contributed by atoms with E-state index in [-0.39, 0.29) is 6.61 Å². The molecule has 1 aromatic carbocycles. The van der Waals surface area contributed by atoms with Crippen LogP contribution in [0.15, 0.2) is 30.3 Å². The molecule has 0 bridgehead atoms. The summed E-state index contributed by atoms with van der Waals surface area (Å²) in [5.41, 5.74) is 0.869. The van der Waals surface area contributed by atoms with Gasteiger partial charge in [-0.3, -0.25) is 0 Å². The number of alkyl halides is 3. The van der Waals surface area contributed by atoms with Crippen LogP contribution in [0.5, 0.6) is 0 Å².